The van der Waals surface area contributed by atoms with Crippen molar-refractivity contribution in [2.75, 3.05) is 12.4 Å². The van der Waals surface area contributed by atoms with E-state index in [1.54, 1.807) is 12.1 Å². The van der Waals surface area contributed by atoms with Crippen LogP contribution in [-0.2, 0) is 0 Å². The molecule has 1 heterocycles. The molecule has 1 unspecified atom stereocenters. The van der Waals surface area contributed by atoms with Crippen molar-refractivity contribution in [2.45, 2.75) is 13.0 Å². The molecule has 0 amide bonds. The van der Waals surface area contributed by atoms with Crippen molar-refractivity contribution in [1.82, 2.24) is 15.2 Å². The minimum Gasteiger partial charge on any atom is -0.496 e. The van der Waals surface area contributed by atoms with Gasteiger partial charge in [-0.15, -0.1) is 0 Å². The summed E-state index contributed by atoms with van der Waals surface area (Å²) in [5, 5.41) is 20.5. The number of benzene rings is 1. The van der Waals surface area contributed by atoms with Gasteiger partial charge in [-0.05, 0) is 19.1 Å². The number of hydrogen-bond donors (Lipinski definition) is 2. The summed E-state index contributed by atoms with van der Waals surface area (Å²) >= 11 is 0. The van der Waals surface area contributed by atoms with Gasteiger partial charge >= 0.3 is 0 Å². The first-order valence-electron chi connectivity index (χ1n) is 5.56. The Morgan fingerprint density at radius 3 is 2.89 bits per heavy atom. The number of nitrogens with zero attached hydrogens (tertiary/aromatic N) is 3. The van der Waals surface area contributed by atoms with E-state index in [4.69, 9.17) is 4.74 Å². The van der Waals surface area contributed by atoms with E-state index in [0.717, 1.165) is 0 Å². The summed E-state index contributed by atoms with van der Waals surface area (Å²) in [6.07, 6.45) is 1.38. The number of aromatic amines is 1. The number of anilines is 1. The average Bonchev–Trinajstić information content (AvgIpc) is 2.92. The minimum absolute atomic E-state index is 0.0503. The van der Waals surface area contributed by atoms with Crippen molar-refractivity contribution in [3.63, 3.8) is 0 Å². The molecule has 0 saturated carbocycles. The molecule has 1 atom stereocenters. The first-order valence-corrected chi connectivity index (χ1v) is 5.56. The number of ether oxygens (including phenoxy) is 1. The molecule has 0 aliphatic heterocycles. The van der Waals surface area contributed by atoms with Crippen LogP contribution in [0.3, 0.4) is 0 Å². The van der Waals surface area contributed by atoms with Gasteiger partial charge in [0.1, 0.15) is 23.6 Å². The summed E-state index contributed by atoms with van der Waals surface area (Å²) in [6, 6.07) is 4.40. The average molecular weight is 263 g/mol. The Labute approximate surface area is 109 Å². The van der Waals surface area contributed by atoms with E-state index in [1.807, 2.05) is 6.92 Å². The normalized spacial score (nSPS) is 11.9. The van der Waals surface area contributed by atoms with Crippen LogP contribution in [0, 0.1) is 10.1 Å². The molecule has 8 nitrogen and oxygen atoms in total. The first-order chi connectivity index (χ1) is 9.11. The lowest BCUT2D eigenvalue weighted by molar-refractivity contribution is -0.384. The largest absolute Gasteiger partial charge is 0.496 e. The summed E-state index contributed by atoms with van der Waals surface area (Å²) in [7, 11) is 1.46. The summed E-state index contributed by atoms with van der Waals surface area (Å²) in [5.41, 5.74) is 0.348. The molecule has 0 fully saturated rings. The zero-order chi connectivity index (χ0) is 13.8. The molecule has 2 rings (SSSR count). The van der Waals surface area contributed by atoms with Crippen LogP contribution in [0.15, 0.2) is 24.5 Å². The number of nitro groups is 1. The summed E-state index contributed by atoms with van der Waals surface area (Å²) in [6.45, 7) is 1.83. The molecule has 1 aromatic carbocycles. The second-order valence-corrected chi connectivity index (χ2v) is 3.88. The molecule has 8 heteroatoms. The van der Waals surface area contributed by atoms with Gasteiger partial charge in [-0.2, -0.15) is 5.10 Å². The number of nitrogens with one attached hydrogen (secondary N) is 2. The smallest absolute Gasteiger partial charge is 0.296 e. The number of rotatable bonds is 5. The number of H-pyrrole nitrogens is 1. The molecule has 0 radical (unpaired) electrons. The van der Waals surface area contributed by atoms with Crippen LogP contribution in [0.2, 0.25) is 0 Å². The van der Waals surface area contributed by atoms with Crippen LogP contribution in [-0.4, -0.2) is 27.2 Å². The van der Waals surface area contributed by atoms with Crippen molar-refractivity contribution >= 4 is 11.4 Å². The van der Waals surface area contributed by atoms with E-state index in [9.17, 15) is 10.1 Å². The number of hydrogen-bond acceptors (Lipinski definition) is 6. The molecule has 0 spiro atoms. The Kier molecular flexibility index (Phi) is 3.60. The third-order valence-electron chi connectivity index (χ3n) is 2.62. The Balaban J connectivity index is 2.27. The van der Waals surface area contributed by atoms with Crippen molar-refractivity contribution in [1.29, 1.82) is 0 Å². The maximum Gasteiger partial charge on any atom is 0.296 e. The van der Waals surface area contributed by atoms with Crippen molar-refractivity contribution in [3.05, 3.63) is 40.5 Å². The SMILES string of the molecule is COc1ccc(NC(C)c2ncn[nH]2)c([N+](=O)[O-])c1. The molecule has 19 heavy (non-hydrogen) atoms. The van der Waals surface area contributed by atoms with Gasteiger partial charge in [0.2, 0.25) is 0 Å². The lowest BCUT2D eigenvalue weighted by Crippen LogP contribution is -2.10. The molecular weight excluding hydrogens is 250 g/mol. The predicted molar refractivity (Wildman–Crippen MR) is 68.1 cm³/mol. The molecule has 1 aromatic heterocycles. The Bertz CT molecular complexity index is 570. The number of methoxy groups -OCH3 is 1. The molecule has 0 aliphatic rings. The van der Waals surface area contributed by atoms with E-state index in [0.29, 0.717) is 17.3 Å². The zero-order valence-corrected chi connectivity index (χ0v) is 10.5. The van der Waals surface area contributed by atoms with Crippen LogP contribution in [0.25, 0.3) is 0 Å². The summed E-state index contributed by atoms with van der Waals surface area (Å²) < 4.78 is 4.98. The molecule has 0 aliphatic carbocycles. The van der Waals surface area contributed by atoms with E-state index in [1.165, 1.54) is 19.5 Å². The summed E-state index contributed by atoms with van der Waals surface area (Å²) in [5.74, 6) is 1.04. The van der Waals surface area contributed by atoms with Crippen LogP contribution in [0.4, 0.5) is 11.4 Å². The highest BCUT2D eigenvalue weighted by molar-refractivity contribution is 5.64. The number of nitro benzene ring substituents is 1. The van der Waals surface area contributed by atoms with Crippen LogP contribution in [0.1, 0.15) is 18.8 Å². The quantitative estimate of drug-likeness (QED) is 0.630. The van der Waals surface area contributed by atoms with Gasteiger partial charge in [-0.1, -0.05) is 0 Å². The van der Waals surface area contributed by atoms with E-state index >= 15 is 0 Å². The van der Waals surface area contributed by atoms with Gasteiger partial charge in [-0.25, -0.2) is 4.98 Å². The molecule has 100 valence electrons. The fraction of sp³-hybridized carbons (Fsp3) is 0.273. The first kappa shape index (κ1) is 12.8. The predicted octanol–water partition coefficient (Wildman–Crippen LogP) is 1.89. The third kappa shape index (κ3) is 2.79. The second-order valence-electron chi connectivity index (χ2n) is 3.88. The second kappa shape index (κ2) is 5.34. The minimum atomic E-state index is -0.460. The van der Waals surface area contributed by atoms with Crippen LogP contribution < -0.4 is 10.1 Å². The van der Waals surface area contributed by atoms with Gasteiger partial charge in [0.25, 0.3) is 5.69 Å². The fourth-order valence-corrected chi connectivity index (χ4v) is 1.64. The van der Waals surface area contributed by atoms with Gasteiger partial charge in [-0.3, -0.25) is 15.2 Å². The molecule has 0 bridgehead atoms. The maximum atomic E-state index is 11.0. The molecule has 0 saturated heterocycles. The van der Waals surface area contributed by atoms with E-state index < -0.39 is 4.92 Å². The monoisotopic (exact) mass is 263 g/mol. The highest BCUT2D eigenvalue weighted by Crippen LogP contribution is 2.31. The topological polar surface area (TPSA) is 106 Å². The van der Waals surface area contributed by atoms with Crippen molar-refractivity contribution in [2.24, 2.45) is 0 Å². The van der Waals surface area contributed by atoms with Crippen LogP contribution in [0.5, 0.6) is 5.75 Å². The Morgan fingerprint density at radius 2 is 2.32 bits per heavy atom. The van der Waals surface area contributed by atoms with Crippen molar-refractivity contribution in [3.8, 4) is 5.75 Å². The molecule has 2 aromatic rings. The van der Waals surface area contributed by atoms with Crippen LogP contribution >= 0.6 is 0 Å². The highest BCUT2D eigenvalue weighted by Gasteiger charge is 2.18. The van der Waals surface area contributed by atoms with Gasteiger partial charge in [0, 0.05) is 0 Å². The molecule has 2 N–H and O–H groups in total. The Morgan fingerprint density at radius 1 is 1.53 bits per heavy atom. The van der Waals surface area contributed by atoms with E-state index in [-0.39, 0.29) is 11.7 Å². The third-order valence-corrected chi connectivity index (χ3v) is 2.62. The maximum absolute atomic E-state index is 11.0. The van der Waals surface area contributed by atoms with Gasteiger partial charge in [0.05, 0.1) is 24.1 Å². The Hall–Kier alpha value is -2.64. The fourth-order valence-electron chi connectivity index (χ4n) is 1.64. The lowest BCUT2D eigenvalue weighted by atomic mass is 10.2. The molecular formula is C11H13N5O3. The van der Waals surface area contributed by atoms with E-state index in [2.05, 4.69) is 20.5 Å². The highest BCUT2D eigenvalue weighted by atomic mass is 16.6. The van der Waals surface area contributed by atoms with Crippen molar-refractivity contribution < 1.29 is 9.66 Å². The summed E-state index contributed by atoms with van der Waals surface area (Å²) in [4.78, 5) is 14.6. The standard InChI is InChI=1S/C11H13N5O3/c1-7(11-12-6-13-15-11)14-9-4-3-8(19-2)5-10(9)16(17)18/h3-7,14H,1-2H3,(H,12,13,15). The van der Waals surface area contributed by atoms with Gasteiger partial charge in [0.15, 0.2) is 0 Å². The number of aromatic nitrogens is 3. The lowest BCUT2D eigenvalue weighted by Gasteiger charge is -2.13. The van der Waals surface area contributed by atoms with Gasteiger partial charge < -0.3 is 10.1 Å². The zero-order valence-electron chi connectivity index (χ0n) is 10.5.